The van der Waals surface area contributed by atoms with Gasteiger partial charge >= 0.3 is 0 Å². The summed E-state index contributed by atoms with van der Waals surface area (Å²) in [4.78, 5) is 6.73. The average molecular weight is 345 g/mol. The SMILES string of the molecule is CCOc1ccccc1N1CCN=C1c1ccc(S(N)(=O)=O)cc1. The van der Waals surface area contributed by atoms with E-state index in [0.717, 1.165) is 29.4 Å². The van der Waals surface area contributed by atoms with Gasteiger partial charge in [-0.15, -0.1) is 0 Å². The molecule has 7 heteroatoms. The lowest BCUT2D eigenvalue weighted by Gasteiger charge is -2.23. The normalized spacial score (nSPS) is 14.6. The Morgan fingerprint density at radius 1 is 1.17 bits per heavy atom. The van der Waals surface area contributed by atoms with Crippen LogP contribution >= 0.6 is 0 Å². The van der Waals surface area contributed by atoms with Gasteiger partial charge < -0.3 is 9.64 Å². The van der Waals surface area contributed by atoms with Crippen LogP contribution in [0.25, 0.3) is 0 Å². The van der Waals surface area contributed by atoms with Crippen molar-refractivity contribution in [2.24, 2.45) is 10.1 Å². The molecule has 2 N–H and O–H groups in total. The molecule has 0 saturated heterocycles. The zero-order valence-corrected chi connectivity index (χ0v) is 14.2. The van der Waals surface area contributed by atoms with Crippen molar-refractivity contribution in [1.82, 2.24) is 0 Å². The van der Waals surface area contributed by atoms with Crippen molar-refractivity contribution >= 4 is 21.5 Å². The van der Waals surface area contributed by atoms with Gasteiger partial charge in [-0.1, -0.05) is 12.1 Å². The molecule has 0 aliphatic carbocycles. The summed E-state index contributed by atoms with van der Waals surface area (Å²) in [5.41, 5.74) is 1.79. The van der Waals surface area contributed by atoms with Crippen LogP contribution in [-0.2, 0) is 10.0 Å². The van der Waals surface area contributed by atoms with Crippen molar-refractivity contribution in [3.8, 4) is 5.75 Å². The Morgan fingerprint density at radius 2 is 1.88 bits per heavy atom. The molecule has 2 aromatic carbocycles. The minimum atomic E-state index is -3.70. The second-order valence-corrected chi connectivity index (χ2v) is 6.89. The molecule has 0 radical (unpaired) electrons. The van der Waals surface area contributed by atoms with Gasteiger partial charge in [-0.3, -0.25) is 4.99 Å². The molecule has 1 heterocycles. The molecule has 0 saturated carbocycles. The predicted octanol–water partition coefficient (Wildman–Crippen LogP) is 2.00. The highest BCUT2D eigenvalue weighted by molar-refractivity contribution is 7.89. The number of nitrogens with zero attached hydrogens (tertiary/aromatic N) is 2. The Morgan fingerprint density at radius 3 is 2.54 bits per heavy atom. The van der Waals surface area contributed by atoms with E-state index in [1.807, 2.05) is 31.2 Å². The topological polar surface area (TPSA) is 85.0 Å². The van der Waals surface area contributed by atoms with E-state index in [1.165, 1.54) is 12.1 Å². The second-order valence-electron chi connectivity index (χ2n) is 5.33. The molecular formula is C17H19N3O3S. The van der Waals surface area contributed by atoms with Crippen LogP contribution in [0.3, 0.4) is 0 Å². The number of amidine groups is 1. The van der Waals surface area contributed by atoms with Crippen LogP contribution < -0.4 is 14.8 Å². The molecule has 1 aliphatic heterocycles. The van der Waals surface area contributed by atoms with Crippen molar-refractivity contribution in [2.45, 2.75) is 11.8 Å². The smallest absolute Gasteiger partial charge is 0.238 e. The monoisotopic (exact) mass is 345 g/mol. The number of anilines is 1. The number of benzene rings is 2. The van der Waals surface area contributed by atoms with Crippen molar-refractivity contribution in [3.63, 3.8) is 0 Å². The van der Waals surface area contributed by atoms with E-state index in [9.17, 15) is 8.42 Å². The molecule has 126 valence electrons. The number of hydrogen-bond donors (Lipinski definition) is 1. The van der Waals surface area contributed by atoms with Crippen molar-refractivity contribution in [1.29, 1.82) is 0 Å². The maximum absolute atomic E-state index is 11.4. The molecule has 0 aromatic heterocycles. The molecule has 0 unspecified atom stereocenters. The van der Waals surface area contributed by atoms with Gasteiger partial charge in [0.2, 0.25) is 10.0 Å². The number of primary sulfonamides is 1. The number of ether oxygens (including phenoxy) is 1. The van der Waals surface area contributed by atoms with E-state index in [4.69, 9.17) is 9.88 Å². The standard InChI is InChI=1S/C17H19N3O3S/c1-2-23-16-6-4-3-5-15(16)20-12-11-19-17(20)13-7-9-14(10-8-13)24(18,21)22/h3-10H,2,11-12H2,1H3,(H2,18,21,22). The highest BCUT2D eigenvalue weighted by Crippen LogP contribution is 2.31. The molecule has 3 rings (SSSR count). The van der Waals surface area contributed by atoms with Gasteiger partial charge in [-0.2, -0.15) is 0 Å². The summed E-state index contributed by atoms with van der Waals surface area (Å²) < 4.78 is 28.5. The highest BCUT2D eigenvalue weighted by Gasteiger charge is 2.23. The van der Waals surface area contributed by atoms with E-state index in [1.54, 1.807) is 12.1 Å². The lowest BCUT2D eigenvalue weighted by Crippen LogP contribution is -2.28. The molecule has 0 fully saturated rings. The van der Waals surface area contributed by atoms with Crippen LogP contribution in [0.15, 0.2) is 58.4 Å². The van der Waals surface area contributed by atoms with Crippen LogP contribution in [0.2, 0.25) is 0 Å². The highest BCUT2D eigenvalue weighted by atomic mass is 32.2. The van der Waals surface area contributed by atoms with Gasteiger partial charge in [0.15, 0.2) is 0 Å². The quantitative estimate of drug-likeness (QED) is 0.898. The molecule has 0 bridgehead atoms. The molecule has 6 nitrogen and oxygen atoms in total. The minimum Gasteiger partial charge on any atom is -0.492 e. The van der Waals surface area contributed by atoms with Crippen LogP contribution in [-0.4, -0.2) is 33.9 Å². The van der Waals surface area contributed by atoms with Gasteiger partial charge in [0.05, 0.1) is 23.7 Å². The molecule has 0 atom stereocenters. The number of nitrogens with two attached hydrogens (primary N) is 1. The van der Waals surface area contributed by atoms with Crippen molar-refractivity contribution in [2.75, 3.05) is 24.6 Å². The lowest BCUT2D eigenvalue weighted by molar-refractivity contribution is 0.341. The van der Waals surface area contributed by atoms with Gasteiger partial charge in [-0.05, 0) is 43.3 Å². The van der Waals surface area contributed by atoms with E-state index >= 15 is 0 Å². The Balaban J connectivity index is 1.94. The zero-order chi connectivity index (χ0) is 17.2. The summed E-state index contributed by atoms with van der Waals surface area (Å²) in [6.07, 6.45) is 0. The third kappa shape index (κ3) is 3.27. The first-order chi connectivity index (χ1) is 11.5. The Bertz CT molecular complexity index is 861. The first-order valence-corrected chi connectivity index (χ1v) is 9.22. The first-order valence-electron chi connectivity index (χ1n) is 7.68. The summed E-state index contributed by atoms with van der Waals surface area (Å²) in [5.74, 6) is 1.60. The zero-order valence-electron chi connectivity index (χ0n) is 13.3. The molecule has 0 amide bonds. The van der Waals surface area contributed by atoms with Gasteiger partial charge in [0.25, 0.3) is 0 Å². The number of aliphatic imine (C=N–C) groups is 1. The summed E-state index contributed by atoms with van der Waals surface area (Å²) in [6.45, 7) is 3.95. The summed E-state index contributed by atoms with van der Waals surface area (Å²) >= 11 is 0. The fraction of sp³-hybridized carbons (Fsp3) is 0.235. The lowest BCUT2D eigenvalue weighted by atomic mass is 10.1. The van der Waals surface area contributed by atoms with Crippen LogP contribution in [0, 0.1) is 0 Å². The summed E-state index contributed by atoms with van der Waals surface area (Å²) in [6, 6.07) is 14.3. The summed E-state index contributed by atoms with van der Waals surface area (Å²) in [7, 11) is -3.70. The average Bonchev–Trinajstić information content (AvgIpc) is 3.04. The molecular weight excluding hydrogens is 326 g/mol. The fourth-order valence-electron chi connectivity index (χ4n) is 2.68. The van der Waals surface area contributed by atoms with E-state index in [2.05, 4.69) is 9.89 Å². The van der Waals surface area contributed by atoms with Crippen LogP contribution in [0.4, 0.5) is 5.69 Å². The maximum Gasteiger partial charge on any atom is 0.238 e. The number of rotatable bonds is 5. The Labute approximate surface area is 141 Å². The third-order valence-electron chi connectivity index (χ3n) is 3.74. The third-order valence-corrected chi connectivity index (χ3v) is 4.67. The van der Waals surface area contributed by atoms with Gasteiger partial charge in [0, 0.05) is 12.1 Å². The van der Waals surface area contributed by atoms with Crippen LogP contribution in [0.5, 0.6) is 5.75 Å². The van der Waals surface area contributed by atoms with Crippen molar-refractivity contribution in [3.05, 3.63) is 54.1 Å². The Hall–Kier alpha value is -2.38. The van der Waals surface area contributed by atoms with Crippen LogP contribution in [0.1, 0.15) is 12.5 Å². The van der Waals surface area contributed by atoms with Crippen molar-refractivity contribution < 1.29 is 13.2 Å². The Kier molecular flexibility index (Phi) is 4.55. The molecule has 0 spiro atoms. The minimum absolute atomic E-state index is 0.0890. The predicted molar refractivity (Wildman–Crippen MR) is 94.2 cm³/mol. The van der Waals surface area contributed by atoms with E-state index in [0.29, 0.717) is 13.2 Å². The molecule has 24 heavy (non-hydrogen) atoms. The largest absolute Gasteiger partial charge is 0.492 e. The summed E-state index contributed by atoms with van der Waals surface area (Å²) in [5, 5.41) is 5.15. The number of hydrogen-bond acceptors (Lipinski definition) is 5. The van der Waals surface area contributed by atoms with E-state index < -0.39 is 10.0 Å². The maximum atomic E-state index is 11.4. The van der Waals surface area contributed by atoms with Gasteiger partial charge in [-0.25, -0.2) is 13.6 Å². The van der Waals surface area contributed by atoms with Gasteiger partial charge in [0.1, 0.15) is 11.6 Å². The fourth-order valence-corrected chi connectivity index (χ4v) is 3.20. The first kappa shape index (κ1) is 16.5. The number of sulfonamides is 1. The molecule has 2 aromatic rings. The number of para-hydroxylation sites is 2. The second kappa shape index (κ2) is 6.62. The molecule has 1 aliphatic rings. The van der Waals surface area contributed by atoms with E-state index in [-0.39, 0.29) is 4.90 Å².